The number of aryl methyl sites for hydroxylation is 1. The molecule has 1 aliphatic rings. The minimum absolute atomic E-state index is 0.157. The van der Waals surface area contributed by atoms with Gasteiger partial charge in [-0.15, -0.1) is 0 Å². The maximum atomic E-state index is 13.1. The summed E-state index contributed by atoms with van der Waals surface area (Å²) in [5.41, 5.74) is 3.41. The van der Waals surface area contributed by atoms with Gasteiger partial charge in [0.05, 0.1) is 12.2 Å². The van der Waals surface area contributed by atoms with Crippen LogP contribution in [0.3, 0.4) is 0 Å². The van der Waals surface area contributed by atoms with Crippen molar-refractivity contribution in [2.45, 2.75) is 43.5 Å². The monoisotopic (exact) mass is 435 g/mol. The van der Waals surface area contributed by atoms with Crippen LogP contribution in [0, 0.1) is 6.92 Å². The summed E-state index contributed by atoms with van der Waals surface area (Å²) >= 11 is 1.44. The number of aromatic amines is 1. The number of aromatic nitrogens is 2. The van der Waals surface area contributed by atoms with E-state index in [0.29, 0.717) is 34.6 Å². The van der Waals surface area contributed by atoms with Gasteiger partial charge in [0.1, 0.15) is 11.6 Å². The van der Waals surface area contributed by atoms with Crippen LogP contribution in [0.1, 0.15) is 47.9 Å². The van der Waals surface area contributed by atoms with E-state index in [4.69, 9.17) is 4.74 Å². The van der Waals surface area contributed by atoms with E-state index < -0.39 is 5.92 Å². The van der Waals surface area contributed by atoms with Crippen LogP contribution >= 0.6 is 11.8 Å². The quantitative estimate of drug-likeness (QED) is 0.417. The number of rotatable bonds is 7. The molecule has 0 aliphatic carbocycles. The van der Waals surface area contributed by atoms with Gasteiger partial charge in [0.2, 0.25) is 5.91 Å². The van der Waals surface area contributed by atoms with Crippen LogP contribution in [0.25, 0.3) is 0 Å². The molecule has 1 aromatic heterocycles. The smallest absolute Gasteiger partial charge is 0.257 e. The number of fused-ring (bicyclic) bond motifs is 1. The molecule has 0 unspecified atom stereocenters. The number of carbonyl (C=O) groups excluding carboxylic acids is 1. The molecule has 2 aromatic carbocycles. The minimum atomic E-state index is -0.399. The third-order valence-corrected chi connectivity index (χ3v) is 6.09. The molecule has 3 aromatic rings. The zero-order chi connectivity index (χ0) is 21.8. The van der Waals surface area contributed by atoms with E-state index in [1.807, 2.05) is 56.3 Å². The number of hydrogen-bond acceptors (Lipinski definition) is 5. The molecule has 0 fully saturated rings. The highest BCUT2D eigenvalue weighted by molar-refractivity contribution is 7.98. The lowest BCUT2D eigenvalue weighted by Gasteiger charge is -2.26. The van der Waals surface area contributed by atoms with Crippen molar-refractivity contribution >= 4 is 23.5 Å². The molecule has 160 valence electrons. The zero-order valence-corrected chi connectivity index (χ0v) is 18.4. The van der Waals surface area contributed by atoms with Gasteiger partial charge < -0.3 is 15.0 Å². The average Bonchev–Trinajstić information content (AvgIpc) is 2.75. The van der Waals surface area contributed by atoms with Gasteiger partial charge in [-0.2, -0.15) is 0 Å². The molecule has 1 atom stereocenters. The van der Waals surface area contributed by atoms with Crippen molar-refractivity contribution in [3.05, 3.63) is 81.1 Å². The molecule has 4 rings (SSSR count). The van der Waals surface area contributed by atoms with Crippen LogP contribution in [0.5, 0.6) is 5.75 Å². The third-order valence-electron chi connectivity index (χ3n) is 5.14. The Morgan fingerprint density at radius 3 is 2.81 bits per heavy atom. The number of ether oxygens (including phenoxy) is 1. The van der Waals surface area contributed by atoms with Gasteiger partial charge >= 0.3 is 0 Å². The number of anilines is 1. The predicted molar refractivity (Wildman–Crippen MR) is 123 cm³/mol. The van der Waals surface area contributed by atoms with Crippen LogP contribution in [-0.2, 0) is 10.5 Å². The molecule has 6 nitrogen and oxygen atoms in total. The molecule has 0 saturated heterocycles. The van der Waals surface area contributed by atoms with Crippen molar-refractivity contribution in [3.8, 4) is 5.75 Å². The molecule has 0 spiro atoms. The highest BCUT2D eigenvalue weighted by atomic mass is 32.2. The number of benzene rings is 2. The van der Waals surface area contributed by atoms with Gasteiger partial charge in [-0.25, -0.2) is 4.98 Å². The first kappa shape index (κ1) is 21.2. The summed E-state index contributed by atoms with van der Waals surface area (Å²) in [6.07, 6.45) is 1.06. The Morgan fingerprint density at radius 2 is 2.00 bits per heavy atom. The molecular weight excluding hydrogens is 410 g/mol. The number of amides is 1. The van der Waals surface area contributed by atoms with Gasteiger partial charge in [0.25, 0.3) is 5.56 Å². The van der Waals surface area contributed by atoms with E-state index in [9.17, 15) is 9.59 Å². The third kappa shape index (κ3) is 4.82. The number of carbonyl (C=O) groups is 1. The summed E-state index contributed by atoms with van der Waals surface area (Å²) in [5, 5.41) is 3.27. The van der Waals surface area contributed by atoms with Crippen molar-refractivity contribution in [2.75, 3.05) is 11.9 Å². The summed E-state index contributed by atoms with van der Waals surface area (Å²) in [6, 6.07) is 15.8. The predicted octanol–water partition coefficient (Wildman–Crippen LogP) is 4.63. The summed E-state index contributed by atoms with van der Waals surface area (Å²) in [5.74, 6) is 1.16. The summed E-state index contributed by atoms with van der Waals surface area (Å²) in [7, 11) is 0. The Labute approximate surface area is 185 Å². The first-order valence-electron chi connectivity index (χ1n) is 10.4. The lowest BCUT2D eigenvalue weighted by atomic mass is 9.86. The molecule has 7 heteroatoms. The second-order valence-corrected chi connectivity index (χ2v) is 8.57. The Balaban J connectivity index is 1.66. The van der Waals surface area contributed by atoms with Crippen LogP contribution in [0.4, 0.5) is 5.82 Å². The molecule has 1 amide bonds. The van der Waals surface area contributed by atoms with Crippen molar-refractivity contribution < 1.29 is 9.53 Å². The van der Waals surface area contributed by atoms with Gasteiger partial charge in [-0.05, 0) is 25.0 Å². The van der Waals surface area contributed by atoms with E-state index >= 15 is 0 Å². The van der Waals surface area contributed by atoms with Gasteiger partial charge in [-0.1, -0.05) is 66.7 Å². The van der Waals surface area contributed by atoms with E-state index in [1.165, 1.54) is 17.3 Å². The van der Waals surface area contributed by atoms with E-state index in [1.54, 1.807) is 0 Å². The summed E-state index contributed by atoms with van der Waals surface area (Å²) in [4.78, 5) is 33.0. The number of nitrogens with one attached hydrogen (secondary N) is 2. The Bertz CT molecular complexity index is 1160. The lowest BCUT2D eigenvalue weighted by Crippen LogP contribution is -2.31. The summed E-state index contributed by atoms with van der Waals surface area (Å²) in [6.45, 7) is 4.66. The molecule has 0 radical (unpaired) electrons. The first-order chi connectivity index (χ1) is 15.0. The minimum Gasteiger partial charge on any atom is -0.493 e. The van der Waals surface area contributed by atoms with Crippen molar-refractivity contribution in [3.63, 3.8) is 0 Å². The first-order valence-corrected chi connectivity index (χ1v) is 11.4. The van der Waals surface area contributed by atoms with Crippen molar-refractivity contribution in [2.24, 2.45) is 0 Å². The standard InChI is InChI=1S/C24H25N3O3S/c1-3-11-30-19-10-5-4-9-17(19)18-13-20(28)25-22-21(18)23(29)27-24(26-22)31-14-16-8-6-7-15(2)12-16/h4-10,12,18H,3,11,13-14H2,1-2H3,(H2,25,26,27,28,29)/t18-/m1/s1. The maximum Gasteiger partial charge on any atom is 0.257 e. The van der Waals surface area contributed by atoms with Crippen molar-refractivity contribution in [1.82, 2.24) is 9.97 Å². The number of para-hydroxylation sites is 1. The van der Waals surface area contributed by atoms with E-state index in [0.717, 1.165) is 17.5 Å². The SMILES string of the molecule is CCCOc1ccccc1[C@H]1CC(=O)Nc2nc(SCc3cccc(C)c3)[nH]c(=O)c21. The highest BCUT2D eigenvalue weighted by Crippen LogP contribution is 2.38. The van der Waals surface area contributed by atoms with Gasteiger partial charge in [-0.3, -0.25) is 9.59 Å². The zero-order valence-electron chi connectivity index (χ0n) is 17.6. The van der Waals surface area contributed by atoms with Gasteiger partial charge in [0, 0.05) is 23.7 Å². The van der Waals surface area contributed by atoms with Crippen LogP contribution in [0.15, 0.2) is 58.5 Å². The molecular formula is C24H25N3O3S. The van der Waals surface area contributed by atoms with Crippen molar-refractivity contribution in [1.29, 1.82) is 0 Å². The Kier molecular flexibility index (Phi) is 6.42. The number of hydrogen-bond donors (Lipinski definition) is 2. The summed E-state index contributed by atoms with van der Waals surface area (Å²) < 4.78 is 5.88. The van der Waals surface area contributed by atoms with E-state index in [2.05, 4.69) is 21.4 Å². The number of thioether (sulfide) groups is 1. The highest BCUT2D eigenvalue weighted by Gasteiger charge is 2.32. The molecule has 0 bridgehead atoms. The molecule has 0 saturated carbocycles. The number of nitrogens with zero attached hydrogens (tertiary/aromatic N) is 1. The fraction of sp³-hybridized carbons (Fsp3) is 0.292. The molecule has 1 aliphatic heterocycles. The molecule has 2 N–H and O–H groups in total. The largest absolute Gasteiger partial charge is 0.493 e. The van der Waals surface area contributed by atoms with Crippen LogP contribution in [-0.4, -0.2) is 22.5 Å². The van der Waals surface area contributed by atoms with Crippen LogP contribution in [0.2, 0.25) is 0 Å². The van der Waals surface area contributed by atoms with Crippen LogP contribution < -0.4 is 15.6 Å². The Hall–Kier alpha value is -3.06. The number of H-pyrrole nitrogens is 1. The second-order valence-electron chi connectivity index (χ2n) is 7.60. The normalized spacial score (nSPS) is 15.3. The fourth-order valence-electron chi connectivity index (χ4n) is 3.75. The molecule has 31 heavy (non-hydrogen) atoms. The Morgan fingerprint density at radius 1 is 1.16 bits per heavy atom. The van der Waals surface area contributed by atoms with E-state index in [-0.39, 0.29) is 17.9 Å². The molecule has 2 heterocycles. The topological polar surface area (TPSA) is 84.1 Å². The lowest BCUT2D eigenvalue weighted by molar-refractivity contribution is -0.116. The maximum absolute atomic E-state index is 13.1. The second kappa shape index (κ2) is 9.39. The van der Waals surface area contributed by atoms with Gasteiger partial charge in [0.15, 0.2) is 5.16 Å². The fourth-order valence-corrected chi connectivity index (χ4v) is 4.55. The average molecular weight is 436 g/mol.